The third-order valence-corrected chi connectivity index (χ3v) is 8.19. The van der Waals surface area contributed by atoms with E-state index in [0.29, 0.717) is 54.2 Å². The molecule has 2 heterocycles. The first-order valence-corrected chi connectivity index (χ1v) is 12.7. The predicted octanol–water partition coefficient (Wildman–Crippen LogP) is 4.33. The summed E-state index contributed by atoms with van der Waals surface area (Å²) >= 11 is 0. The van der Waals surface area contributed by atoms with Crippen LogP contribution in [0.3, 0.4) is 0 Å². The lowest BCUT2D eigenvalue weighted by atomic mass is 9.98. The van der Waals surface area contributed by atoms with E-state index in [9.17, 15) is 13.2 Å². The molecule has 1 amide bonds. The fourth-order valence-electron chi connectivity index (χ4n) is 4.31. The van der Waals surface area contributed by atoms with Crippen molar-refractivity contribution < 1.29 is 17.7 Å². The van der Waals surface area contributed by atoms with Gasteiger partial charge >= 0.3 is 0 Å². The summed E-state index contributed by atoms with van der Waals surface area (Å²) in [5, 5.41) is 7.91. The maximum atomic E-state index is 12.8. The van der Waals surface area contributed by atoms with Crippen LogP contribution in [0.4, 0.5) is 0 Å². The summed E-state index contributed by atoms with van der Waals surface area (Å²) in [6.45, 7) is 1.40. The minimum Gasteiger partial charge on any atom is -0.355 e. The van der Waals surface area contributed by atoms with E-state index in [1.165, 1.54) is 4.31 Å². The Balaban J connectivity index is 1.21. The number of carbonyl (C=O) groups is 1. The minimum atomic E-state index is -3.47. The van der Waals surface area contributed by atoms with Gasteiger partial charge in [0.2, 0.25) is 10.0 Å². The van der Waals surface area contributed by atoms with Crippen LogP contribution in [0.5, 0.6) is 0 Å². The highest BCUT2D eigenvalue weighted by Gasteiger charge is 2.29. The summed E-state index contributed by atoms with van der Waals surface area (Å²) in [4.78, 5) is 13.2. The van der Waals surface area contributed by atoms with Gasteiger partial charge in [-0.05, 0) is 49.1 Å². The van der Waals surface area contributed by atoms with Crippen molar-refractivity contribution in [1.82, 2.24) is 14.8 Å². The molecule has 0 atom stereocenters. The van der Waals surface area contributed by atoms with Gasteiger partial charge in [-0.15, -0.1) is 0 Å². The van der Waals surface area contributed by atoms with Gasteiger partial charge in [-0.3, -0.25) is 4.79 Å². The lowest BCUT2D eigenvalue weighted by Crippen LogP contribution is -2.41. The molecule has 1 fully saturated rings. The zero-order valence-electron chi connectivity index (χ0n) is 18.6. The molecule has 4 aromatic rings. The Kier molecular flexibility index (Phi) is 6.17. The van der Waals surface area contributed by atoms with Gasteiger partial charge in [0.25, 0.3) is 5.91 Å². The third-order valence-electron chi connectivity index (χ3n) is 6.28. The fourth-order valence-corrected chi connectivity index (χ4v) is 5.81. The lowest BCUT2D eigenvalue weighted by Gasteiger charge is -2.31. The summed E-state index contributed by atoms with van der Waals surface area (Å²) in [5.41, 5.74) is 2.14. The van der Waals surface area contributed by atoms with Crippen molar-refractivity contribution in [2.45, 2.75) is 17.7 Å². The molecular formula is C26H25N3O4S. The molecule has 1 aliphatic rings. The number of rotatable bonds is 6. The van der Waals surface area contributed by atoms with Crippen molar-refractivity contribution >= 4 is 26.8 Å². The molecule has 0 aliphatic carbocycles. The molecule has 0 spiro atoms. The number of amides is 1. The lowest BCUT2D eigenvalue weighted by molar-refractivity contribution is 0.0941. The summed E-state index contributed by atoms with van der Waals surface area (Å²) in [5.74, 6) is 0.698. The van der Waals surface area contributed by atoms with Gasteiger partial charge < -0.3 is 9.84 Å². The molecule has 7 nitrogen and oxygen atoms in total. The number of sulfonamides is 1. The van der Waals surface area contributed by atoms with Crippen molar-refractivity contribution in [3.8, 4) is 11.3 Å². The molecular weight excluding hydrogens is 450 g/mol. The standard InChI is InChI=1S/C26H25N3O4S/c30-26(21-11-12-24-23(17-21)25(33-28-24)20-7-3-1-4-8-20)27-18-19-13-15-29(16-14-19)34(31,32)22-9-5-2-6-10-22/h1-12,17,19H,13-16,18H2,(H,27,30). The number of benzene rings is 3. The quantitative estimate of drug-likeness (QED) is 0.448. The van der Waals surface area contributed by atoms with Gasteiger partial charge in [-0.1, -0.05) is 53.7 Å². The molecule has 1 aliphatic heterocycles. The van der Waals surface area contributed by atoms with Crippen LogP contribution in [0.2, 0.25) is 0 Å². The highest BCUT2D eigenvalue weighted by Crippen LogP contribution is 2.29. The average molecular weight is 476 g/mol. The number of hydrogen-bond donors (Lipinski definition) is 1. The van der Waals surface area contributed by atoms with E-state index >= 15 is 0 Å². The molecule has 0 radical (unpaired) electrons. The molecule has 0 saturated carbocycles. The molecule has 3 aromatic carbocycles. The van der Waals surface area contributed by atoms with Crippen LogP contribution in [0, 0.1) is 5.92 Å². The zero-order chi connectivity index (χ0) is 23.5. The third kappa shape index (κ3) is 4.47. The maximum absolute atomic E-state index is 12.8. The van der Waals surface area contributed by atoms with E-state index in [0.717, 1.165) is 10.9 Å². The topological polar surface area (TPSA) is 92.5 Å². The van der Waals surface area contributed by atoms with Crippen molar-refractivity contribution in [1.29, 1.82) is 0 Å². The maximum Gasteiger partial charge on any atom is 0.251 e. The Bertz CT molecular complexity index is 1390. The number of fused-ring (bicyclic) bond motifs is 1. The molecule has 174 valence electrons. The monoisotopic (exact) mass is 475 g/mol. The van der Waals surface area contributed by atoms with Crippen LogP contribution in [0.25, 0.3) is 22.2 Å². The van der Waals surface area contributed by atoms with E-state index in [1.54, 1.807) is 48.5 Å². The second kappa shape index (κ2) is 9.40. The van der Waals surface area contributed by atoms with Crippen LogP contribution in [-0.2, 0) is 10.0 Å². The average Bonchev–Trinajstić information content (AvgIpc) is 3.32. The second-order valence-electron chi connectivity index (χ2n) is 8.48. The van der Waals surface area contributed by atoms with Crippen LogP contribution in [0.1, 0.15) is 23.2 Å². The molecule has 1 N–H and O–H groups in total. The summed E-state index contributed by atoms with van der Waals surface area (Å²) in [6, 6.07) is 23.5. The van der Waals surface area contributed by atoms with E-state index in [2.05, 4.69) is 10.5 Å². The van der Waals surface area contributed by atoms with Crippen LogP contribution >= 0.6 is 0 Å². The minimum absolute atomic E-state index is 0.165. The van der Waals surface area contributed by atoms with E-state index in [1.807, 2.05) is 30.3 Å². The van der Waals surface area contributed by atoms with E-state index in [-0.39, 0.29) is 11.8 Å². The number of hydrogen-bond acceptors (Lipinski definition) is 5. The highest BCUT2D eigenvalue weighted by atomic mass is 32.2. The van der Waals surface area contributed by atoms with Gasteiger partial charge in [-0.25, -0.2) is 8.42 Å². The Hall–Kier alpha value is -3.49. The van der Waals surface area contributed by atoms with Crippen molar-refractivity contribution in [2.75, 3.05) is 19.6 Å². The van der Waals surface area contributed by atoms with Gasteiger partial charge in [-0.2, -0.15) is 4.31 Å². The molecule has 1 saturated heterocycles. The smallest absolute Gasteiger partial charge is 0.251 e. The predicted molar refractivity (Wildman–Crippen MR) is 130 cm³/mol. The van der Waals surface area contributed by atoms with Crippen molar-refractivity contribution in [2.24, 2.45) is 5.92 Å². The Morgan fingerprint density at radius 3 is 2.35 bits per heavy atom. The fraction of sp³-hybridized carbons (Fsp3) is 0.231. The second-order valence-corrected chi connectivity index (χ2v) is 10.4. The largest absolute Gasteiger partial charge is 0.355 e. The van der Waals surface area contributed by atoms with E-state index in [4.69, 9.17) is 4.52 Å². The van der Waals surface area contributed by atoms with Gasteiger partial charge in [0.1, 0.15) is 5.52 Å². The molecule has 0 unspecified atom stereocenters. The van der Waals surface area contributed by atoms with E-state index < -0.39 is 10.0 Å². The number of carbonyl (C=O) groups excluding carboxylic acids is 1. The highest BCUT2D eigenvalue weighted by molar-refractivity contribution is 7.89. The molecule has 0 bridgehead atoms. The van der Waals surface area contributed by atoms with Gasteiger partial charge in [0.15, 0.2) is 5.76 Å². The SMILES string of the molecule is O=C(NCC1CCN(S(=O)(=O)c2ccccc2)CC1)c1ccc2noc(-c3ccccc3)c2c1. The molecule has 5 rings (SSSR count). The molecule has 34 heavy (non-hydrogen) atoms. The van der Waals surface area contributed by atoms with Gasteiger partial charge in [0, 0.05) is 30.8 Å². The molecule has 8 heteroatoms. The number of nitrogens with one attached hydrogen (secondary N) is 1. The van der Waals surface area contributed by atoms with Crippen LogP contribution in [-0.4, -0.2) is 43.4 Å². The van der Waals surface area contributed by atoms with Gasteiger partial charge in [0.05, 0.1) is 10.3 Å². The summed E-state index contributed by atoms with van der Waals surface area (Å²) < 4.78 is 32.7. The number of aromatic nitrogens is 1. The number of piperidine rings is 1. The normalized spacial score (nSPS) is 15.4. The van der Waals surface area contributed by atoms with Crippen LogP contribution in [0.15, 0.2) is 88.3 Å². The van der Waals surface area contributed by atoms with Crippen LogP contribution < -0.4 is 5.32 Å². The first-order valence-electron chi connectivity index (χ1n) is 11.3. The van der Waals surface area contributed by atoms with Crippen molar-refractivity contribution in [3.05, 3.63) is 84.4 Å². The Morgan fingerprint density at radius 2 is 1.65 bits per heavy atom. The Morgan fingerprint density at radius 1 is 0.971 bits per heavy atom. The molecule has 1 aromatic heterocycles. The Labute approximate surface area is 198 Å². The summed E-state index contributed by atoms with van der Waals surface area (Å²) in [7, 11) is -3.47. The first kappa shape index (κ1) is 22.3. The zero-order valence-corrected chi connectivity index (χ0v) is 19.4. The van der Waals surface area contributed by atoms with Crippen molar-refractivity contribution in [3.63, 3.8) is 0 Å². The number of nitrogens with zero attached hydrogens (tertiary/aromatic N) is 2. The summed E-state index contributed by atoms with van der Waals surface area (Å²) in [6.07, 6.45) is 1.41. The first-order chi connectivity index (χ1) is 16.5.